The maximum Gasteiger partial charge on any atom is 0.228 e. The largest absolute Gasteiger partial charge is 0.508 e. The fourth-order valence-corrected chi connectivity index (χ4v) is 2.03. The summed E-state index contributed by atoms with van der Waals surface area (Å²) in [5.74, 6) is 0.0741. The molecule has 0 unspecified atom stereocenters. The number of phenolic OH excluding ortho intramolecular Hbond substituents is 1. The van der Waals surface area contributed by atoms with Crippen molar-refractivity contribution < 1.29 is 9.90 Å². The monoisotopic (exact) mass is 270 g/mol. The Morgan fingerprint density at radius 2 is 1.95 bits per heavy atom. The van der Waals surface area contributed by atoms with Crippen molar-refractivity contribution in [3.8, 4) is 5.75 Å². The molecule has 0 radical (unpaired) electrons. The van der Waals surface area contributed by atoms with Gasteiger partial charge in [-0.25, -0.2) is 0 Å². The van der Waals surface area contributed by atoms with Crippen molar-refractivity contribution in [3.63, 3.8) is 0 Å². The normalized spacial score (nSPS) is 10.2. The van der Waals surface area contributed by atoms with E-state index in [0.717, 1.165) is 16.8 Å². The van der Waals surface area contributed by atoms with Crippen LogP contribution in [0.3, 0.4) is 0 Å². The Morgan fingerprint density at radius 1 is 1.15 bits per heavy atom. The first kappa shape index (κ1) is 14.1. The zero-order valence-electron chi connectivity index (χ0n) is 11.4. The SMILES string of the molecule is CNCc1ccccc1NC(=O)Cc1cccc(O)c1. The molecule has 20 heavy (non-hydrogen) atoms. The van der Waals surface area contributed by atoms with Crippen LogP contribution in [0.25, 0.3) is 0 Å². The number of phenols is 1. The van der Waals surface area contributed by atoms with Gasteiger partial charge in [0, 0.05) is 12.2 Å². The minimum atomic E-state index is -0.0980. The highest BCUT2D eigenvalue weighted by atomic mass is 16.3. The highest BCUT2D eigenvalue weighted by Gasteiger charge is 2.07. The maximum absolute atomic E-state index is 12.0. The van der Waals surface area contributed by atoms with E-state index in [4.69, 9.17) is 0 Å². The van der Waals surface area contributed by atoms with Crippen molar-refractivity contribution in [3.05, 3.63) is 59.7 Å². The van der Waals surface area contributed by atoms with Crippen LogP contribution in [0.15, 0.2) is 48.5 Å². The number of anilines is 1. The number of amides is 1. The predicted molar refractivity (Wildman–Crippen MR) is 79.6 cm³/mol. The Bertz CT molecular complexity index is 597. The summed E-state index contributed by atoms with van der Waals surface area (Å²) in [6.07, 6.45) is 0.238. The topological polar surface area (TPSA) is 61.4 Å². The third-order valence-electron chi connectivity index (χ3n) is 2.93. The van der Waals surface area contributed by atoms with Gasteiger partial charge in [-0.3, -0.25) is 4.79 Å². The van der Waals surface area contributed by atoms with Crippen molar-refractivity contribution in [1.29, 1.82) is 0 Å². The summed E-state index contributed by atoms with van der Waals surface area (Å²) in [6, 6.07) is 14.4. The van der Waals surface area contributed by atoms with Gasteiger partial charge in [0.15, 0.2) is 0 Å². The fraction of sp³-hybridized carbons (Fsp3) is 0.188. The van der Waals surface area contributed by atoms with Crippen molar-refractivity contribution in [2.24, 2.45) is 0 Å². The molecule has 0 saturated heterocycles. The first-order valence-electron chi connectivity index (χ1n) is 6.49. The number of carbonyl (C=O) groups is 1. The lowest BCUT2D eigenvalue weighted by Crippen LogP contribution is -2.17. The van der Waals surface area contributed by atoms with E-state index in [2.05, 4.69) is 10.6 Å². The molecule has 0 atom stereocenters. The molecule has 0 fully saturated rings. The molecule has 0 aromatic heterocycles. The Kier molecular flexibility index (Phi) is 4.74. The molecular weight excluding hydrogens is 252 g/mol. The minimum absolute atomic E-state index is 0.0980. The summed E-state index contributed by atoms with van der Waals surface area (Å²) in [6.45, 7) is 0.697. The molecule has 2 aromatic carbocycles. The molecule has 2 aromatic rings. The van der Waals surface area contributed by atoms with Gasteiger partial charge in [-0.1, -0.05) is 30.3 Å². The van der Waals surface area contributed by atoms with Gasteiger partial charge in [0.2, 0.25) is 5.91 Å². The summed E-state index contributed by atoms with van der Waals surface area (Å²) >= 11 is 0. The van der Waals surface area contributed by atoms with Crippen LogP contribution in [0, 0.1) is 0 Å². The Morgan fingerprint density at radius 3 is 2.70 bits per heavy atom. The highest BCUT2D eigenvalue weighted by molar-refractivity contribution is 5.93. The number of hydrogen-bond acceptors (Lipinski definition) is 3. The lowest BCUT2D eigenvalue weighted by Gasteiger charge is -2.10. The molecule has 1 amide bonds. The first-order valence-corrected chi connectivity index (χ1v) is 6.49. The molecule has 0 saturated carbocycles. The van der Waals surface area contributed by atoms with Gasteiger partial charge < -0.3 is 15.7 Å². The number of benzene rings is 2. The van der Waals surface area contributed by atoms with Crippen molar-refractivity contribution in [2.75, 3.05) is 12.4 Å². The van der Waals surface area contributed by atoms with E-state index in [0.29, 0.717) is 6.54 Å². The molecule has 0 bridgehead atoms. The van der Waals surface area contributed by atoms with E-state index in [1.165, 1.54) is 0 Å². The van der Waals surface area contributed by atoms with Crippen molar-refractivity contribution in [2.45, 2.75) is 13.0 Å². The lowest BCUT2D eigenvalue weighted by atomic mass is 10.1. The van der Waals surface area contributed by atoms with Crippen molar-refractivity contribution >= 4 is 11.6 Å². The number of hydrogen-bond donors (Lipinski definition) is 3. The molecule has 104 valence electrons. The van der Waals surface area contributed by atoms with Gasteiger partial charge in [0.25, 0.3) is 0 Å². The van der Waals surface area contributed by atoms with E-state index < -0.39 is 0 Å². The van der Waals surface area contributed by atoms with Gasteiger partial charge in [-0.2, -0.15) is 0 Å². The third kappa shape index (κ3) is 3.83. The first-order chi connectivity index (χ1) is 9.69. The van der Waals surface area contributed by atoms with Gasteiger partial charge in [0.05, 0.1) is 6.42 Å². The minimum Gasteiger partial charge on any atom is -0.508 e. The second-order valence-corrected chi connectivity index (χ2v) is 4.58. The molecule has 4 heteroatoms. The van der Waals surface area contributed by atoms with Crippen LogP contribution in [-0.2, 0) is 17.8 Å². The van der Waals surface area contributed by atoms with Crippen LogP contribution >= 0.6 is 0 Å². The molecule has 0 aliphatic carbocycles. The molecule has 0 spiro atoms. The summed E-state index contributed by atoms with van der Waals surface area (Å²) in [4.78, 5) is 12.0. The quantitative estimate of drug-likeness (QED) is 0.781. The fourth-order valence-electron chi connectivity index (χ4n) is 2.03. The van der Waals surface area contributed by atoms with Crippen LogP contribution in [0.5, 0.6) is 5.75 Å². The number of nitrogens with one attached hydrogen (secondary N) is 2. The average Bonchev–Trinajstić information content (AvgIpc) is 2.41. The van der Waals surface area contributed by atoms with Gasteiger partial charge >= 0.3 is 0 Å². The summed E-state index contributed by atoms with van der Waals surface area (Å²) in [7, 11) is 1.87. The number of aromatic hydroxyl groups is 1. The Hall–Kier alpha value is -2.33. The number of rotatable bonds is 5. The summed E-state index contributed by atoms with van der Waals surface area (Å²) in [5.41, 5.74) is 2.64. The second kappa shape index (κ2) is 6.73. The van der Waals surface area contributed by atoms with Crippen LogP contribution in [0.4, 0.5) is 5.69 Å². The molecule has 0 heterocycles. The smallest absolute Gasteiger partial charge is 0.228 e. The molecular formula is C16H18N2O2. The molecule has 3 N–H and O–H groups in total. The Labute approximate surface area is 118 Å². The molecule has 0 aliphatic rings. The molecule has 4 nitrogen and oxygen atoms in total. The van der Waals surface area contributed by atoms with E-state index in [-0.39, 0.29) is 18.1 Å². The predicted octanol–water partition coefficient (Wildman–Crippen LogP) is 2.29. The van der Waals surface area contributed by atoms with E-state index >= 15 is 0 Å². The van der Waals surface area contributed by atoms with Gasteiger partial charge in [-0.05, 0) is 36.4 Å². The number of para-hydroxylation sites is 1. The van der Waals surface area contributed by atoms with E-state index in [1.54, 1.807) is 18.2 Å². The Balaban J connectivity index is 2.05. The highest BCUT2D eigenvalue weighted by Crippen LogP contribution is 2.16. The number of carbonyl (C=O) groups excluding carboxylic acids is 1. The second-order valence-electron chi connectivity index (χ2n) is 4.58. The zero-order valence-corrected chi connectivity index (χ0v) is 11.4. The summed E-state index contributed by atoms with van der Waals surface area (Å²) in [5, 5.41) is 15.4. The zero-order chi connectivity index (χ0) is 14.4. The van der Waals surface area contributed by atoms with E-state index in [1.807, 2.05) is 37.4 Å². The van der Waals surface area contributed by atoms with Crippen LogP contribution in [0.2, 0.25) is 0 Å². The lowest BCUT2D eigenvalue weighted by molar-refractivity contribution is -0.115. The molecule has 0 aliphatic heterocycles. The van der Waals surface area contributed by atoms with Gasteiger partial charge in [0.1, 0.15) is 5.75 Å². The third-order valence-corrected chi connectivity index (χ3v) is 2.93. The van der Waals surface area contributed by atoms with Gasteiger partial charge in [-0.15, -0.1) is 0 Å². The molecule has 2 rings (SSSR count). The van der Waals surface area contributed by atoms with Crippen LogP contribution in [-0.4, -0.2) is 18.1 Å². The van der Waals surface area contributed by atoms with E-state index in [9.17, 15) is 9.90 Å². The van der Waals surface area contributed by atoms with Crippen molar-refractivity contribution in [1.82, 2.24) is 5.32 Å². The maximum atomic E-state index is 12.0. The summed E-state index contributed by atoms with van der Waals surface area (Å²) < 4.78 is 0. The average molecular weight is 270 g/mol. The van der Waals surface area contributed by atoms with Crippen LogP contribution < -0.4 is 10.6 Å². The standard InChI is InChI=1S/C16H18N2O2/c1-17-11-13-6-2-3-8-15(13)18-16(20)10-12-5-4-7-14(19)9-12/h2-9,17,19H,10-11H2,1H3,(H,18,20). The van der Waals surface area contributed by atoms with Crippen LogP contribution in [0.1, 0.15) is 11.1 Å².